The normalized spacial score (nSPS) is 10.7. The molecule has 0 atom stereocenters. The molecule has 3 aromatic rings. The average molecular weight is 480 g/mol. The van der Waals surface area contributed by atoms with Crippen LogP contribution in [-0.2, 0) is 17.9 Å². The first kappa shape index (κ1) is 25.3. The van der Waals surface area contributed by atoms with E-state index in [2.05, 4.69) is 18.3 Å². The fraction of sp³-hybridized carbons (Fsp3) is 0.333. The van der Waals surface area contributed by atoms with E-state index in [1.165, 1.54) is 5.56 Å². The van der Waals surface area contributed by atoms with Gasteiger partial charge in [-0.1, -0.05) is 42.5 Å². The van der Waals surface area contributed by atoms with Crippen molar-refractivity contribution in [1.29, 1.82) is 0 Å². The summed E-state index contributed by atoms with van der Waals surface area (Å²) in [7, 11) is 0. The van der Waals surface area contributed by atoms with E-state index in [-0.39, 0.29) is 24.5 Å². The minimum atomic E-state index is -0.331. The van der Waals surface area contributed by atoms with Gasteiger partial charge in [0.2, 0.25) is 5.91 Å². The summed E-state index contributed by atoms with van der Waals surface area (Å²) in [6.45, 7) is 9.25. The van der Waals surface area contributed by atoms with Gasteiger partial charge in [0.15, 0.2) is 0 Å². The van der Waals surface area contributed by atoms with Crippen molar-refractivity contribution in [3.05, 3.63) is 82.0 Å². The molecule has 3 rings (SSSR count). The van der Waals surface area contributed by atoms with Gasteiger partial charge in [0.25, 0.3) is 0 Å². The van der Waals surface area contributed by atoms with Gasteiger partial charge < -0.3 is 19.9 Å². The van der Waals surface area contributed by atoms with E-state index in [1.54, 1.807) is 22.3 Å². The van der Waals surface area contributed by atoms with Gasteiger partial charge in [-0.15, -0.1) is 11.3 Å². The molecule has 2 aromatic carbocycles. The van der Waals surface area contributed by atoms with Crippen LogP contribution in [0, 0.1) is 6.92 Å². The molecule has 0 unspecified atom stereocenters. The molecule has 180 valence electrons. The third-order valence-corrected chi connectivity index (χ3v) is 6.50. The molecule has 1 N–H and O–H groups in total. The molecule has 0 bridgehead atoms. The van der Waals surface area contributed by atoms with Gasteiger partial charge >= 0.3 is 6.03 Å². The maximum Gasteiger partial charge on any atom is 0.322 e. The van der Waals surface area contributed by atoms with E-state index in [9.17, 15) is 9.59 Å². The van der Waals surface area contributed by atoms with Crippen LogP contribution in [0.4, 0.5) is 10.5 Å². The van der Waals surface area contributed by atoms with E-state index >= 15 is 0 Å². The van der Waals surface area contributed by atoms with Crippen molar-refractivity contribution >= 4 is 29.0 Å². The summed E-state index contributed by atoms with van der Waals surface area (Å²) in [4.78, 5) is 31.2. The van der Waals surface area contributed by atoms with Crippen LogP contribution in [-0.4, -0.2) is 40.9 Å². The zero-order chi connectivity index (χ0) is 24.5. The molecule has 7 heteroatoms. The van der Waals surface area contributed by atoms with Crippen LogP contribution < -0.4 is 10.1 Å². The molecule has 0 aliphatic heterocycles. The predicted octanol–water partition coefficient (Wildman–Crippen LogP) is 5.93. The molecule has 1 heterocycles. The number of thiophene rings is 1. The second-order valence-electron chi connectivity index (χ2n) is 8.34. The van der Waals surface area contributed by atoms with Crippen LogP contribution in [0.2, 0.25) is 0 Å². The number of carbonyl (C=O) groups is 2. The zero-order valence-electron chi connectivity index (χ0n) is 20.3. The Morgan fingerprint density at radius 2 is 1.71 bits per heavy atom. The van der Waals surface area contributed by atoms with Crippen molar-refractivity contribution in [2.75, 3.05) is 18.5 Å². The van der Waals surface area contributed by atoms with Gasteiger partial charge in [0.05, 0.1) is 18.8 Å². The number of anilines is 1. The van der Waals surface area contributed by atoms with E-state index in [0.717, 1.165) is 10.4 Å². The summed E-state index contributed by atoms with van der Waals surface area (Å²) in [5.41, 5.74) is 2.81. The molecule has 3 amide bonds. The molecule has 0 saturated heterocycles. The largest absolute Gasteiger partial charge is 0.492 e. The van der Waals surface area contributed by atoms with E-state index in [0.29, 0.717) is 31.1 Å². The standard InChI is InChI=1S/C27H33N3O3S/c1-5-33-24-14-10-9-13-23(24)28-27(32)30(20(2)3)19-26(31)29(17-22-11-7-6-8-12-22)18-25-21(4)15-16-34-25/h6-16,20H,5,17-19H2,1-4H3,(H,28,32). The van der Waals surface area contributed by atoms with Gasteiger partial charge in [-0.3, -0.25) is 4.79 Å². The summed E-state index contributed by atoms with van der Waals surface area (Å²) in [5.74, 6) is 0.505. The molecule has 0 spiro atoms. The second kappa shape index (κ2) is 12.2. The zero-order valence-corrected chi connectivity index (χ0v) is 21.1. The molecule has 0 fully saturated rings. The molecule has 6 nitrogen and oxygen atoms in total. The van der Waals surface area contributed by atoms with Crippen molar-refractivity contribution in [2.45, 2.75) is 46.8 Å². The van der Waals surface area contributed by atoms with Gasteiger partial charge in [0.1, 0.15) is 12.3 Å². The molecule has 1 aromatic heterocycles. The number of nitrogens with one attached hydrogen (secondary N) is 1. The Balaban J connectivity index is 1.77. The topological polar surface area (TPSA) is 61.9 Å². The van der Waals surface area contributed by atoms with E-state index < -0.39 is 0 Å². The SMILES string of the molecule is CCOc1ccccc1NC(=O)N(CC(=O)N(Cc1ccccc1)Cc1sccc1C)C(C)C. The van der Waals surface area contributed by atoms with Gasteiger partial charge in [-0.25, -0.2) is 4.79 Å². The number of nitrogens with zero attached hydrogens (tertiary/aromatic N) is 2. The van der Waals surface area contributed by atoms with Crippen LogP contribution in [0.3, 0.4) is 0 Å². The quantitative estimate of drug-likeness (QED) is 0.392. The average Bonchev–Trinajstić information content (AvgIpc) is 3.23. The summed E-state index contributed by atoms with van der Waals surface area (Å²) in [6, 6.07) is 18.8. The molecule has 34 heavy (non-hydrogen) atoms. The van der Waals surface area contributed by atoms with Gasteiger partial charge in [-0.05, 0) is 62.4 Å². The summed E-state index contributed by atoms with van der Waals surface area (Å²) < 4.78 is 5.63. The van der Waals surface area contributed by atoms with Crippen molar-refractivity contribution in [3.63, 3.8) is 0 Å². The van der Waals surface area contributed by atoms with Crippen LogP contribution in [0.25, 0.3) is 0 Å². The summed E-state index contributed by atoms with van der Waals surface area (Å²) in [6.07, 6.45) is 0. The van der Waals surface area contributed by atoms with E-state index in [4.69, 9.17) is 4.74 Å². The Hall–Kier alpha value is -3.32. The highest BCUT2D eigenvalue weighted by molar-refractivity contribution is 7.10. The molecular formula is C27H33N3O3S. The van der Waals surface area contributed by atoms with Crippen molar-refractivity contribution < 1.29 is 14.3 Å². The van der Waals surface area contributed by atoms with Gasteiger partial charge in [-0.2, -0.15) is 0 Å². The number of hydrogen-bond donors (Lipinski definition) is 1. The Morgan fingerprint density at radius 3 is 2.35 bits per heavy atom. The minimum absolute atomic E-state index is 0.0163. The maximum atomic E-state index is 13.5. The van der Waals surface area contributed by atoms with Crippen LogP contribution in [0.1, 0.15) is 36.8 Å². The minimum Gasteiger partial charge on any atom is -0.492 e. The first-order valence-corrected chi connectivity index (χ1v) is 12.4. The lowest BCUT2D eigenvalue weighted by atomic mass is 10.2. The Bertz CT molecular complexity index is 1080. The third kappa shape index (κ3) is 6.84. The number of benzene rings is 2. The summed E-state index contributed by atoms with van der Waals surface area (Å²) >= 11 is 1.64. The number of ether oxygens (including phenoxy) is 1. The molecule has 0 radical (unpaired) electrons. The van der Waals surface area contributed by atoms with E-state index in [1.807, 2.05) is 79.6 Å². The number of urea groups is 1. The Labute approximate surface area is 206 Å². The highest BCUT2D eigenvalue weighted by Crippen LogP contribution is 2.24. The van der Waals surface area contributed by atoms with Crippen LogP contribution >= 0.6 is 11.3 Å². The second-order valence-corrected chi connectivity index (χ2v) is 9.34. The highest BCUT2D eigenvalue weighted by atomic mass is 32.1. The smallest absolute Gasteiger partial charge is 0.322 e. The third-order valence-electron chi connectivity index (χ3n) is 5.49. The lowest BCUT2D eigenvalue weighted by molar-refractivity contribution is -0.133. The monoisotopic (exact) mass is 479 g/mol. The predicted molar refractivity (Wildman–Crippen MR) is 138 cm³/mol. The van der Waals surface area contributed by atoms with Gasteiger partial charge in [0, 0.05) is 17.5 Å². The fourth-order valence-corrected chi connectivity index (χ4v) is 4.47. The van der Waals surface area contributed by atoms with Crippen LogP contribution in [0.15, 0.2) is 66.0 Å². The molecule has 0 aliphatic rings. The molecule has 0 saturated carbocycles. The van der Waals surface area contributed by atoms with Crippen molar-refractivity contribution in [3.8, 4) is 5.75 Å². The number of para-hydroxylation sites is 2. The Kier molecular flexibility index (Phi) is 9.10. The first-order valence-electron chi connectivity index (χ1n) is 11.5. The highest BCUT2D eigenvalue weighted by Gasteiger charge is 2.25. The summed E-state index contributed by atoms with van der Waals surface area (Å²) in [5, 5.41) is 4.96. The molecular weight excluding hydrogens is 446 g/mol. The lowest BCUT2D eigenvalue weighted by Gasteiger charge is -2.30. The van der Waals surface area contributed by atoms with Crippen molar-refractivity contribution in [1.82, 2.24) is 9.80 Å². The lowest BCUT2D eigenvalue weighted by Crippen LogP contribution is -2.47. The van der Waals surface area contributed by atoms with Crippen molar-refractivity contribution in [2.24, 2.45) is 0 Å². The number of amides is 3. The number of carbonyl (C=O) groups excluding carboxylic acids is 2. The number of rotatable bonds is 10. The number of aryl methyl sites for hydroxylation is 1. The molecule has 0 aliphatic carbocycles. The first-order chi connectivity index (χ1) is 16.4. The number of hydrogen-bond acceptors (Lipinski definition) is 4. The fourth-order valence-electron chi connectivity index (χ4n) is 3.55. The maximum absolute atomic E-state index is 13.5. The Morgan fingerprint density at radius 1 is 1.00 bits per heavy atom. The van der Waals surface area contributed by atoms with Crippen LogP contribution in [0.5, 0.6) is 5.75 Å².